The Labute approximate surface area is 125 Å². The van der Waals surface area contributed by atoms with Crippen LogP contribution in [-0.2, 0) is 6.42 Å². The number of nitrogens with one attached hydrogen (secondary N) is 1. The standard InChI is InChI=1S/C18H32N2/c1-8-11-19-17(18(4,5)20(6)7)13-16-10-9-14(2)15(3)12-16/h9-10,12,17,19H,8,11,13H2,1-7H3. The molecule has 1 atom stereocenters. The van der Waals surface area contributed by atoms with Crippen molar-refractivity contribution in [2.24, 2.45) is 0 Å². The maximum Gasteiger partial charge on any atom is 0.0303 e. The van der Waals surface area contributed by atoms with Gasteiger partial charge < -0.3 is 10.2 Å². The third-order valence-electron chi connectivity index (χ3n) is 4.66. The fourth-order valence-electron chi connectivity index (χ4n) is 2.37. The van der Waals surface area contributed by atoms with Crippen molar-refractivity contribution in [3.63, 3.8) is 0 Å². The predicted octanol–water partition coefficient (Wildman–Crippen LogP) is 3.55. The van der Waals surface area contributed by atoms with Crippen molar-refractivity contribution in [1.29, 1.82) is 0 Å². The van der Waals surface area contributed by atoms with Crippen molar-refractivity contribution in [3.8, 4) is 0 Å². The third-order valence-corrected chi connectivity index (χ3v) is 4.66. The first-order valence-corrected chi connectivity index (χ1v) is 7.76. The van der Waals surface area contributed by atoms with Crippen LogP contribution < -0.4 is 5.32 Å². The van der Waals surface area contributed by atoms with E-state index in [2.05, 4.69) is 77.1 Å². The Morgan fingerprint density at radius 3 is 2.30 bits per heavy atom. The van der Waals surface area contributed by atoms with Gasteiger partial charge in [-0.2, -0.15) is 0 Å². The molecule has 0 saturated heterocycles. The molecular weight excluding hydrogens is 244 g/mol. The van der Waals surface area contributed by atoms with Crippen LogP contribution in [-0.4, -0.2) is 37.1 Å². The highest BCUT2D eigenvalue weighted by atomic mass is 15.2. The molecule has 0 bridgehead atoms. The Morgan fingerprint density at radius 1 is 1.15 bits per heavy atom. The summed E-state index contributed by atoms with van der Waals surface area (Å²) in [6.45, 7) is 12.3. The molecule has 0 aliphatic rings. The van der Waals surface area contributed by atoms with Crippen LogP contribution in [0, 0.1) is 13.8 Å². The second kappa shape index (κ2) is 7.24. The normalized spacial score (nSPS) is 13.8. The lowest BCUT2D eigenvalue weighted by Gasteiger charge is -2.41. The molecular formula is C18H32N2. The summed E-state index contributed by atoms with van der Waals surface area (Å²) >= 11 is 0. The fourth-order valence-corrected chi connectivity index (χ4v) is 2.37. The average molecular weight is 276 g/mol. The first kappa shape index (κ1) is 17.2. The van der Waals surface area contributed by atoms with Crippen molar-refractivity contribution < 1.29 is 0 Å². The van der Waals surface area contributed by atoms with Crippen LogP contribution in [0.15, 0.2) is 18.2 Å². The largest absolute Gasteiger partial charge is 0.312 e. The Bertz CT molecular complexity index is 421. The van der Waals surface area contributed by atoms with E-state index in [1.54, 1.807) is 0 Å². The number of aryl methyl sites for hydroxylation is 2. The van der Waals surface area contributed by atoms with Gasteiger partial charge in [0.1, 0.15) is 0 Å². The number of nitrogens with zero attached hydrogens (tertiary/aromatic N) is 1. The van der Waals surface area contributed by atoms with Gasteiger partial charge in [0.05, 0.1) is 0 Å². The maximum atomic E-state index is 3.73. The van der Waals surface area contributed by atoms with Gasteiger partial charge in [0.15, 0.2) is 0 Å². The molecule has 0 fully saturated rings. The Hall–Kier alpha value is -0.860. The molecule has 0 saturated carbocycles. The molecule has 0 spiro atoms. The average Bonchev–Trinajstić information content (AvgIpc) is 2.38. The minimum Gasteiger partial charge on any atom is -0.312 e. The molecule has 1 rings (SSSR count). The zero-order chi connectivity index (χ0) is 15.3. The minimum atomic E-state index is 0.133. The molecule has 1 aromatic carbocycles. The van der Waals surface area contributed by atoms with Crippen LogP contribution in [0.4, 0.5) is 0 Å². The lowest BCUT2D eigenvalue weighted by molar-refractivity contribution is 0.137. The monoisotopic (exact) mass is 276 g/mol. The molecule has 0 aromatic heterocycles. The molecule has 1 aromatic rings. The van der Waals surface area contributed by atoms with E-state index in [9.17, 15) is 0 Å². The van der Waals surface area contributed by atoms with Crippen LogP contribution in [0.1, 0.15) is 43.9 Å². The van der Waals surface area contributed by atoms with E-state index in [1.165, 1.54) is 23.1 Å². The number of hydrogen-bond donors (Lipinski definition) is 1. The molecule has 20 heavy (non-hydrogen) atoms. The van der Waals surface area contributed by atoms with E-state index >= 15 is 0 Å². The highest BCUT2D eigenvalue weighted by molar-refractivity contribution is 5.30. The summed E-state index contributed by atoms with van der Waals surface area (Å²) < 4.78 is 0. The first-order valence-electron chi connectivity index (χ1n) is 7.76. The van der Waals surface area contributed by atoms with Gasteiger partial charge in [-0.1, -0.05) is 25.1 Å². The summed E-state index contributed by atoms with van der Waals surface area (Å²) in [4.78, 5) is 2.32. The van der Waals surface area contributed by atoms with E-state index in [0.717, 1.165) is 13.0 Å². The molecule has 0 amide bonds. The van der Waals surface area contributed by atoms with E-state index in [0.29, 0.717) is 6.04 Å². The molecule has 0 aliphatic carbocycles. The number of rotatable bonds is 7. The van der Waals surface area contributed by atoms with Gasteiger partial charge in [-0.15, -0.1) is 0 Å². The smallest absolute Gasteiger partial charge is 0.0303 e. The summed E-state index contributed by atoms with van der Waals surface area (Å²) in [5, 5.41) is 3.73. The lowest BCUT2D eigenvalue weighted by Crippen LogP contribution is -2.56. The van der Waals surface area contributed by atoms with Crippen molar-refractivity contribution >= 4 is 0 Å². The van der Waals surface area contributed by atoms with Gasteiger partial charge in [-0.25, -0.2) is 0 Å². The summed E-state index contributed by atoms with van der Waals surface area (Å²) in [6.07, 6.45) is 2.25. The SMILES string of the molecule is CCCNC(Cc1ccc(C)c(C)c1)C(C)(C)N(C)C. The molecule has 0 radical (unpaired) electrons. The lowest BCUT2D eigenvalue weighted by atomic mass is 9.87. The van der Waals surface area contributed by atoms with Crippen LogP contribution in [0.25, 0.3) is 0 Å². The van der Waals surface area contributed by atoms with Gasteiger partial charge in [-0.3, -0.25) is 0 Å². The Kier molecular flexibility index (Phi) is 6.22. The zero-order valence-corrected chi connectivity index (χ0v) is 14.4. The summed E-state index contributed by atoms with van der Waals surface area (Å²) in [6, 6.07) is 7.31. The summed E-state index contributed by atoms with van der Waals surface area (Å²) in [7, 11) is 4.34. The molecule has 0 heterocycles. The molecule has 2 nitrogen and oxygen atoms in total. The molecule has 2 heteroatoms. The number of hydrogen-bond acceptors (Lipinski definition) is 2. The third kappa shape index (κ3) is 4.32. The molecule has 0 aliphatic heterocycles. The van der Waals surface area contributed by atoms with Crippen LogP contribution >= 0.6 is 0 Å². The van der Waals surface area contributed by atoms with E-state index in [4.69, 9.17) is 0 Å². The van der Waals surface area contributed by atoms with Crippen LogP contribution in [0.3, 0.4) is 0 Å². The second-order valence-corrected chi connectivity index (χ2v) is 6.68. The highest BCUT2D eigenvalue weighted by Gasteiger charge is 2.31. The zero-order valence-electron chi connectivity index (χ0n) is 14.4. The van der Waals surface area contributed by atoms with E-state index in [-0.39, 0.29) is 5.54 Å². The van der Waals surface area contributed by atoms with Crippen LogP contribution in [0.2, 0.25) is 0 Å². The first-order chi connectivity index (χ1) is 9.28. The molecule has 114 valence electrons. The Balaban J connectivity index is 2.91. The maximum absolute atomic E-state index is 3.73. The van der Waals surface area contributed by atoms with Gasteiger partial charge in [0, 0.05) is 11.6 Å². The Morgan fingerprint density at radius 2 is 1.80 bits per heavy atom. The fraction of sp³-hybridized carbons (Fsp3) is 0.667. The topological polar surface area (TPSA) is 15.3 Å². The van der Waals surface area contributed by atoms with Gasteiger partial charge in [0.2, 0.25) is 0 Å². The quantitative estimate of drug-likeness (QED) is 0.819. The van der Waals surface area contributed by atoms with Crippen molar-refractivity contribution in [3.05, 3.63) is 34.9 Å². The second-order valence-electron chi connectivity index (χ2n) is 6.68. The predicted molar refractivity (Wildman–Crippen MR) is 89.5 cm³/mol. The summed E-state index contributed by atoms with van der Waals surface area (Å²) in [5.41, 5.74) is 4.32. The van der Waals surface area contributed by atoms with Crippen molar-refractivity contribution in [2.45, 2.75) is 59.0 Å². The minimum absolute atomic E-state index is 0.133. The van der Waals surface area contributed by atoms with Gasteiger partial charge in [0.25, 0.3) is 0 Å². The van der Waals surface area contributed by atoms with Gasteiger partial charge in [-0.05, 0) is 77.9 Å². The van der Waals surface area contributed by atoms with E-state index in [1.807, 2.05) is 0 Å². The van der Waals surface area contributed by atoms with Gasteiger partial charge >= 0.3 is 0 Å². The molecule has 1 N–H and O–H groups in total. The molecule has 1 unspecified atom stereocenters. The van der Waals surface area contributed by atoms with E-state index < -0.39 is 0 Å². The summed E-state index contributed by atoms with van der Waals surface area (Å²) in [5.74, 6) is 0. The number of likely N-dealkylation sites (N-methyl/N-ethyl adjacent to an activating group) is 1. The van der Waals surface area contributed by atoms with Crippen molar-refractivity contribution in [1.82, 2.24) is 10.2 Å². The van der Waals surface area contributed by atoms with Crippen LogP contribution in [0.5, 0.6) is 0 Å². The van der Waals surface area contributed by atoms with Crippen molar-refractivity contribution in [2.75, 3.05) is 20.6 Å². The number of benzene rings is 1. The highest BCUT2D eigenvalue weighted by Crippen LogP contribution is 2.21.